The molecule has 1 N–H and O–H groups in total. The van der Waals surface area contributed by atoms with E-state index in [-0.39, 0.29) is 5.56 Å². The Balaban J connectivity index is 2.70. The first-order valence-corrected chi connectivity index (χ1v) is 4.60. The Morgan fingerprint density at radius 3 is 3.15 bits per heavy atom. The summed E-state index contributed by atoms with van der Waals surface area (Å²) in [5, 5.41) is 9.40. The third-order valence-corrected chi connectivity index (χ3v) is 2.90. The molecule has 0 radical (unpaired) electrons. The summed E-state index contributed by atoms with van der Waals surface area (Å²) in [6.07, 6.45) is 1.99. The Morgan fingerprint density at radius 1 is 1.62 bits per heavy atom. The van der Waals surface area contributed by atoms with E-state index in [1.54, 1.807) is 6.20 Å². The molecule has 0 amide bonds. The SMILES string of the molecule is N#CCc1cc2cc[nH]c(=O)c2s1. The Bertz CT molecular complexity index is 532. The molecule has 0 bridgehead atoms. The highest BCUT2D eigenvalue weighted by Crippen LogP contribution is 2.21. The van der Waals surface area contributed by atoms with Crippen molar-refractivity contribution in [2.24, 2.45) is 0 Å². The molecule has 2 aromatic heterocycles. The molecule has 2 aromatic rings. The average Bonchev–Trinajstić information content (AvgIpc) is 2.49. The van der Waals surface area contributed by atoms with E-state index in [4.69, 9.17) is 5.26 Å². The van der Waals surface area contributed by atoms with E-state index in [9.17, 15) is 4.79 Å². The largest absolute Gasteiger partial charge is 0.328 e. The summed E-state index contributed by atoms with van der Waals surface area (Å²) in [6, 6.07) is 5.79. The van der Waals surface area contributed by atoms with Gasteiger partial charge in [0.05, 0.1) is 17.2 Å². The predicted octanol–water partition coefficient (Wildman–Crippen LogP) is 1.66. The number of nitrogens with one attached hydrogen (secondary N) is 1. The molecule has 2 rings (SSSR count). The molecule has 0 aliphatic rings. The van der Waals surface area contributed by atoms with Crippen LogP contribution in [0.15, 0.2) is 23.1 Å². The number of thiophene rings is 1. The van der Waals surface area contributed by atoms with Gasteiger partial charge in [0.25, 0.3) is 5.56 Å². The summed E-state index contributed by atoms with van der Waals surface area (Å²) in [7, 11) is 0. The summed E-state index contributed by atoms with van der Waals surface area (Å²) >= 11 is 1.38. The number of hydrogen-bond acceptors (Lipinski definition) is 3. The van der Waals surface area contributed by atoms with Crippen molar-refractivity contribution in [1.82, 2.24) is 4.98 Å². The van der Waals surface area contributed by atoms with Crippen LogP contribution < -0.4 is 5.56 Å². The molecule has 0 spiro atoms. The highest BCUT2D eigenvalue weighted by atomic mass is 32.1. The van der Waals surface area contributed by atoms with E-state index in [0.717, 1.165) is 10.3 Å². The molecule has 2 heterocycles. The minimum absolute atomic E-state index is 0.0771. The standard InChI is InChI=1S/C9H6N2OS/c10-3-1-7-5-6-2-4-11-9(12)8(6)13-7/h2,4-5H,1H2,(H,11,12). The van der Waals surface area contributed by atoms with Gasteiger partial charge in [-0.05, 0) is 17.5 Å². The number of fused-ring (bicyclic) bond motifs is 1. The topological polar surface area (TPSA) is 56.6 Å². The van der Waals surface area contributed by atoms with Crippen molar-refractivity contribution in [2.45, 2.75) is 6.42 Å². The maximum absolute atomic E-state index is 11.3. The van der Waals surface area contributed by atoms with Gasteiger partial charge < -0.3 is 4.98 Å². The maximum Gasteiger partial charge on any atom is 0.265 e. The van der Waals surface area contributed by atoms with Crippen LogP contribution in [0, 0.1) is 11.3 Å². The maximum atomic E-state index is 11.3. The lowest BCUT2D eigenvalue weighted by molar-refractivity contribution is 1.29. The monoisotopic (exact) mass is 190 g/mol. The second kappa shape index (κ2) is 3.04. The number of pyridine rings is 1. The van der Waals surface area contributed by atoms with Crippen LogP contribution in [0.5, 0.6) is 0 Å². The first-order chi connectivity index (χ1) is 6.31. The molecule has 0 aliphatic carbocycles. The molecule has 4 heteroatoms. The molecule has 0 aliphatic heterocycles. The van der Waals surface area contributed by atoms with Crippen molar-refractivity contribution in [3.63, 3.8) is 0 Å². The highest BCUT2D eigenvalue weighted by Gasteiger charge is 2.03. The zero-order valence-corrected chi connectivity index (χ0v) is 7.52. The predicted molar refractivity (Wildman–Crippen MR) is 51.8 cm³/mol. The second-order valence-electron chi connectivity index (χ2n) is 2.64. The van der Waals surface area contributed by atoms with Crippen molar-refractivity contribution >= 4 is 21.4 Å². The molecule has 3 nitrogen and oxygen atoms in total. The van der Waals surface area contributed by atoms with E-state index in [1.165, 1.54) is 11.3 Å². The van der Waals surface area contributed by atoms with Gasteiger partial charge in [0.1, 0.15) is 0 Å². The van der Waals surface area contributed by atoms with E-state index >= 15 is 0 Å². The molecule has 0 saturated carbocycles. The molecule has 0 unspecified atom stereocenters. The Kier molecular flexibility index (Phi) is 1.87. The zero-order valence-electron chi connectivity index (χ0n) is 6.70. The summed E-state index contributed by atoms with van der Waals surface area (Å²) < 4.78 is 0.702. The van der Waals surface area contributed by atoms with Gasteiger partial charge in [0, 0.05) is 11.1 Å². The third kappa shape index (κ3) is 1.34. The number of rotatable bonds is 1. The molecule has 0 aromatic carbocycles. The fourth-order valence-electron chi connectivity index (χ4n) is 1.20. The number of H-pyrrole nitrogens is 1. The van der Waals surface area contributed by atoms with Gasteiger partial charge in [-0.15, -0.1) is 11.3 Å². The number of aromatic nitrogens is 1. The van der Waals surface area contributed by atoms with Crippen LogP contribution in [-0.4, -0.2) is 4.98 Å². The van der Waals surface area contributed by atoms with Gasteiger partial charge in [-0.1, -0.05) is 0 Å². The second-order valence-corrected chi connectivity index (χ2v) is 3.78. The Hall–Kier alpha value is -1.60. The van der Waals surface area contributed by atoms with Crippen LogP contribution >= 0.6 is 11.3 Å². The summed E-state index contributed by atoms with van der Waals surface area (Å²) in [4.78, 5) is 14.8. The van der Waals surface area contributed by atoms with Crippen molar-refractivity contribution < 1.29 is 0 Å². The van der Waals surface area contributed by atoms with Gasteiger partial charge >= 0.3 is 0 Å². The summed E-state index contributed by atoms with van der Waals surface area (Å²) in [6.45, 7) is 0. The first-order valence-electron chi connectivity index (χ1n) is 3.78. The average molecular weight is 190 g/mol. The van der Waals surface area contributed by atoms with E-state index < -0.39 is 0 Å². The molecular weight excluding hydrogens is 184 g/mol. The number of hydrogen-bond donors (Lipinski definition) is 1. The van der Waals surface area contributed by atoms with Crippen LogP contribution in [-0.2, 0) is 6.42 Å². The molecular formula is C9H6N2OS. The lowest BCUT2D eigenvalue weighted by Gasteiger charge is -1.83. The van der Waals surface area contributed by atoms with Gasteiger partial charge in [-0.3, -0.25) is 4.79 Å². The van der Waals surface area contributed by atoms with E-state index in [2.05, 4.69) is 11.1 Å². The smallest absolute Gasteiger partial charge is 0.265 e. The van der Waals surface area contributed by atoms with Crippen molar-refractivity contribution in [1.29, 1.82) is 5.26 Å². The minimum atomic E-state index is -0.0771. The van der Waals surface area contributed by atoms with Crippen LogP contribution in [0.1, 0.15) is 4.88 Å². The highest BCUT2D eigenvalue weighted by molar-refractivity contribution is 7.19. The number of nitriles is 1. The molecule has 64 valence electrons. The van der Waals surface area contributed by atoms with Gasteiger partial charge in [-0.2, -0.15) is 5.26 Å². The fraction of sp³-hybridized carbons (Fsp3) is 0.111. The number of aromatic amines is 1. The quantitative estimate of drug-likeness (QED) is 0.743. The lowest BCUT2D eigenvalue weighted by Crippen LogP contribution is -2.01. The Labute approximate surface area is 78.3 Å². The Morgan fingerprint density at radius 2 is 2.46 bits per heavy atom. The molecule has 13 heavy (non-hydrogen) atoms. The normalized spacial score (nSPS) is 10.1. The van der Waals surface area contributed by atoms with Crippen LogP contribution in [0.2, 0.25) is 0 Å². The van der Waals surface area contributed by atoms with E-state index in [0.29, 0.717) is 11.1 Å². The van der Waals surface area contributed by atoms with Crippen molar-refractivity contribution in [3.05, 3.63) is 33.6 Å². The van der Waals surface area contributed by atoms with Crippen LogP contribution in [0.25, 0.3) is 10.1 Å². The van der Waals surface area contributed by atoms with Crippen molar-refractivity contribution in [2.75, 3.05) is 0 Å². The molecule has 0 saturated heterocycles. The summed E-state index contributed by atoms with van der Waals surface area (Å²) in [5.41, 5.74) is -0.0771. The van der Waals surface area contributed by atoms with Gasteiger partial charge in [0.2, 0.25) is 0 Å². The van der Waals surface area contributed by atoms with Crippen LogP contribution in [0.4, 0.5) is 0 Å². The van der Waals surface area contributed by atoms with Crippen LogP contribution in [0.3, 0.4) is 0 Å². The fourth-order valence-corrected chi connectivity index (χ4v) is 2.18. The van der Waals surface area contributed by atoms with Crippen molar-refractivity contribution in [3.8, 4) is 6.07 Å². The van der Waals surface area contributed by atoms with Gasteiger partial charge in [-0.25, -0.2) is 0 Å². The molecule has 0 fully saturated rings. The third-order valence-electron chi connectivity index (χ3n) is 1.75. The van der Waals surface area contributed by atoms with E-state index in [1.807, 2.05) is 12.1 Å². The number of nitrogens with zero attached hydrogens (tertiary/aromatic N) is 1. The minimum Gasteiger partial charge on any atom is -0.328 e. The van der Waals surface area contributed by atoms with Gasteiger partial charge in [0.15, 0.2) is 0 Å². The lowest BCUT2D eigenvalue weighted by atomic mass is 10.3. The summed E-state index contributed by atoms with van der Waals surface area (Å²) in [5.74, 6) is 0. The molecule has 0 atom stereocenters. The zero-order chi connectivity index (χ0) is 9.26. The first kappa shape index (κ1) is 8.02.